The summed E-state index contributed by atoms with van der Waals surface area (Å²) in [6, 6.07) is 3.43. The Morgan fingerprint density at radius 3 is 3.11 bits per heavy atom. The van der Waals surface area contributed by atoms with Crippen LogP contribution in [-0.4, -0.2) is 25.5 Å². The maximum atomic E-state index is 11.9. The maximum absolute atomic E-state index is 11.9. The van der Waals surface area contributed by atoms with Crippen LogP contribution >= 0.6 is 0 Å². The number of rotatable bonds is 5. The molecule has 4 heteroatoms. The van der Waals surface area contributed by atoms with Crippen molar-refractivity contribution in [2.45, 2.75) is 32.6 Å². The number of nitrogens with one attached hydrogen (secondary N) is 2. The number of amides is 1. The molecule has 1 aliphatic rings. The summed E-state index contributed by atoms with van der Waals surface area (Å²) in [5, 5.41) is 6.45. The fraction of sp³-hybridized carbons (Fsp3) is 0.643. The van der Waals surface area contributed by atoms with Crippen LogP contribution in [0.3, 0.4) is 0 Å². The molecule has 1 aliphatic heterocycles. The van der Waals surface area contributed by atoms with Gasteiger partial charge in [0.15, 0.2) is 5.76 Å². The van der Waals surface area contributed by atoms with Crippen LogP contribution in [0.1, 0.15) is 43.2 Å². The summed E-state index contributed by atoms with van der Waals surface area (Å²) < 4.78 is 5.10. The van der Waals surface area contributed by atoms with E-state index in [4.69, 9.17) is 4.42 Å². The van der Waals surface area contributed by atoms with Gasteiger partial charge in [-0.15, -0.1) is 0 Å². The molecule has 18 heavy (non-hydrogen) atoms. The molecule has 100 valence electrons. The molecule has 4 nitrogen and oxygen atoms in total. The van der Waals surface area contributed by atoms with Gasteiger partial charge in [0.1, 0.15) is 0 Å². The normalized spacial score (nSPS) is 23.8. The van der Waals surface area contributed by atoms with Gasteiger partial charge in [0.25, 0.3) is 5.91 Å². The van der Waals surface area contributed by atoms with Crippen LogP contribution in [0.4, 0.5) is 0 Å². The number of furan rings is 1. The van der Waals surface area contributed by atoms with Crippen LogP contribution < -0.4 is 10.6 Å². The zero-order valence-electron chi connectivity index (χ0n) is 11.0. The van der Waals surface area contributed by atoms with Gasteiger partial charge in [-0.1, -0.05) is 13.3 Å². The van der Waals surface area contributed by atoms with Crippen molar-refractivity contribution in [3.05, 3.63) is 24.2 Å². The molecular formula is C14H22N2O2. The van der Waals surface area contributed by atoms with Crippen molar-refractivity contribution in [3.63, 3.8) is 0 Å². The van der Waals surface area contributed by atoms with Crippen molar-refractivity contribution in [1.29, 1.82) is 0 Å². The highest BCUT2D eigenvalue weighted by atomic mass is 16.3. The van der Waals surface area contributed by atoms with Crippen molar-refractivity contribution in [3.8, 4) is 0 Å². The minimum Gasteiger partial charge on any atom is -0.459 e. The first kappa shape index (κ1) is 13.1. The number of piperidine rings is 1. The van der Waals surface area contributed by atoms with Crippen LogP contribution in [0, 0.1) is 5.41 Å². The van der Waals surface area contributed by atoms with Gasteiger partial charge >= 0.3 is 0 Å². The third kappa shape index (κ3) is 3.13. The van der Waals surface area contributed by atoms with E-state index in [1.807, 2.05) is 0 Å². The average Bonchev–Trinajstić information content (AvgIpc) is 2.91. The molecule has 0 radical (unpaired) electrons. The minimum absolute atomic E-state index is 0.110. The van der Waals surface area contributed by atoms with Gasteiger partial charge in [0, 0.05) is 18.5 Å². The summed E-state index contributed by atoms with van der Waals surface area (Å²) in [4.78, 5) is 11.9. The second-order valence-corrected chi connectivity index (χ2v) is 5.19. The summed E-state index contributed by atoms with van der Waals surface area (Å²) in [5.74, 6) is 0.284. The highest BCUT2D eigenvalue weighted by molar-refractivity contribution is 5.91. The Bertz CT molecular complexity index is 362. The van der Waals surface area contributed by atoms with Crippen LogP contribution in [0.15, 0.2) is 22.8 Å². The van der Waals surface area contributed by atoms with Gasteiger partial charge in [0.2, 0.25) is 0 Å². The first-order valence-corrected chi connectivity index (χ1v) is 6.78. The van der Waals surface area contributed by atoms with Crippen molar-refractivity contribution in [2.24, 2.45) is 5.41 Å². The summed E-state index contributed by atoms with van der Waals surface area (Å²) in [7, 11) is 0. The number of hydrogen-bond acceptors (Lipinski definition) is 3. The predicted molar refractivity (Wildman–Crippen MR) is 70.5 cm³/mol. The maximum Gasteiger partial charge on any atom is 0.286 e. The lowest BCUT2D eigenvalue weighted by molar-refractivity contribution is 0.0883. The van der Waals surface area contributed by atoms with E-state index in [0.29, 0.717) is 5.76 Å². The van der Waals surface area contributed by atoms with E-state index in [1.54, 1.807) is 12.1 Å². The van der Waals surface area contributed by atoms with Gasteiger partial charge in [-0.25, -0.2) is 0 Å². The average molecular weight is 250 g/mol. The summed E-state index contributed by atoms with van der Waals surface area (Å²) >= 11 is 0. The molecule has 1 aromatic rings. The molecule has 0 bridgehead atoms. The molecule has 1 saturated heterocycles. The van der Waals surface area contributed by atoms with Crippen molar-refractivity contribution in [1.82, 2.24) is 10.6 Å². The van der Waals surface area contributed by atoms with E-state index in [1.165, 1.54) is 19.1 Å². The molecule has 0 aliphatic carbocycles. The van der Waals surface area contributed by atoms with Crippen molar-refractivity contribution < 1.29 is 9.21 Å². The number of carbonyl (C=O) groups excluding carboxylic acids is 1. The zero-order chi connectivity index (χ0) is 12.8. The summed E-state index contributed by atoms with van der Waals surface area (Å²) in [6.07, 6.45) is 6.21. The predicted octanol–water partition coefficient (Wildman–Crippen LogP) is 2.18. The quantitative estimate of drug-likeness (QED) is 0.842. The molecule has 1 amide bonds. The highest BCUT2D eigenvalue weighted by Gasteiger charge is 2.31. The first-order valence-electron chi connectivity index (χ1n) is 6.78. The lowest BCUT2D eigenvalue weighted by Crippen LogP contribution is -2.47. The smallest absolute Gasteiger partial charge is 0.286 e. The lowest BCUT2D eigenvalue weighted by atomic mass is 9.77. The molecule has 1 aromatic heterocycles. The Morgan fingerprint density at radius 1 is 1.61 bits per heavy atom. The van der Waals surface area contributed by atoms with Crippen molar-refractivity contribution in [2.75, 3.05) is 19.6 Å². The summed E-state index contributed by atoms with van der Waals surface area (Å²) in [6.45, 7) is 5.02. The molecule has 2 rings (SSSR count). The van der Waals surface area contributed by atoms with Crippen LogP contribution in [0.25, 0.3) is 0 Å². The van der Waals surface area contributed by atoms with Gasteiger partial charge in [-0.05, 0) is 37.9 Å². The van der Waals surface area contributed by atoms with Crippen LogP contribution in [-0.2, 0) is 0 Å². The van der Waals surface area contributed by atoms with Gasteiger partial charge < -0.3 is 15.1 Å². The zero-order valence-corrected chi connectivity index (χ0v) is 11.0. The molecule has 1 fully saturated rings. The van der Waals surface area contributed by atoms with E-state index in [-0.39, 0.29) is 11.3 Å². The molecule has 0 aromatic carbocycles. The Labute approximate surface area is 108 Å². The van der Waals surface area contributed by atoms with E-state index in [2.05, 4.69) is 17.6 Å². The lowest BCUT2D eigenvalue weighted by Gasteiger charge is -2.37. The molecular weight excluding hydrogens is 228 g/mol. The largest absolute Gasteiger partial charge is 0.459 e. The second-order valence-electron chi connectivity index (χ2n) is 5.19. The van der Waals surface area contributed by atoms with Crippen LogP contribution in [0.5, 0.6) is 0 Å². The first-order chi connectivity index (χ1) is 8.76. The Kier molecular flexibility index (Phi) is 4.42. The van der Waals surface area contributed by atoms with Crippen molar-refractivity contribution >= 4 is 5.91 Å². The molecule has 0 spiro atoms. The number of hydrogen-bond donors (Lipinski definition) is 2. The molecule has 0 saturated carbocycles. The molecule has 1 unspecified atom stereocenters. The van der Waals surface area contributed by atoms with Gasteiger partial charge in [0.05, 0.1) is 6.26 Å². The van der Waals surface area contributed by atoms with E-state index in [0.717, 1.165) is 32.5 Å². The van der Waals surface area contributed by atoms with E-state index < -0.39 is 0 Å². The third-order valence-corrected chi connectivity index (χ3v) is 3.71. The SMILES string of the molecule is CCCC1(CNC(=O)c2ccco2)CCCNC1. The second kappa shape index (κ2) is 6.05. The Morgan fingerprint density at radius 2 is 2.50 bits per heavy atom. The monoisotopic (exact) mass is 250 g/mol. The summed E-state index contributed by atoms with van der Waals surface area (Å²) in [5.41, 5.74) is 0.218. The number of carbonyl (C=O) groups is 1. The van der Waals surface area contributed by atoms with E-state index in [9.17, 15) is 4.79 Å². The van der Waals surface area contributed by atoms with E-state index >= 15 is 0 Å². The Balaban J connectivity index is 1.91. The van der Waals surface area contributed by atoms with Crippen LogP contribution in [0.2, 0.25) is 0 Å². The standard InChI is InChI=1S/C14H22N2O2/c1-2-6-14(7-4-8-15-10-14)11-16-13(17)12-5-3-9-18-12/h3,5,9,15H,2,4,6-8,10-11H2,1H3,(H,16,17). The molecule has 2 N–H and O–H groups in total. The van der Waals surface area contributed by atoms with Gasteiger partial charge in [-0.2, -0.15) is 0 Å². The minimum atomic E-state index is -0.110. The Hall–Kier alpha value is -1.29. The van der Waals surface area contributed by atoms with Gasteiger partial charge in [-0.3, -0.25) is 4.79 Å². The topological polar surface area (TPSA) is 54.3 Å². The molecule has 2 heterocycles. The molecule has 1 atom stereocenters. The highest BCUT2D eigenvalue weighted by Crippen LogP contribution is 2.30. The third-order valence-electron chi connectivity index (χ3n) is 3.71. The fourth-order valence-electron chi connectivity index (χ4n) is 2.78. The fourth-order valence-corrected chi connectivity index (χ4v) is 2.78.